The average Bonchev–Trinajstić information content (AvgIpc) is 3.43. The minimum absolute atomic E-state index is 0.0448. The number of aliphatic hydroxyl groups excluding tert-OH is 1. The number of thiazole rings is 1. The first-order chi connectivity index (χ1) is 13.7. The van der Waals surface area contributed by atoms with Crippen molar-refractivity contribution in [2.45, 2.75) is 25.0 Å². The Morgan fingerprint density at radius 3 is 2.89 bits per heavy atom. The van der Waals surface area contributed by atoms with Crippen molar-refractivity contribution in [3.8, 4) is 5.13 Å². The van der Waals surface area contributed by atoms with Gasteiger partial charge in [0.15, 0.2) is 5.13 Å². The third kappa shape index (κ3) is 3.75. The number of likely N-dealkylation sites (N-methyl/N-ethyl adjacent to an activating group) is 1. The van der Waals surface area contributed by atoms with Gasteiger partial charge in [-0.3, -0.25) is 9.47 Å². The third-order valence-electron chi connectivity index (χ3n) is 5.64. The van der Waals surface area contributed by atoms with Crippen molar-refractivity contribution in [3.63, 3.8) is 0 Å². The van der Waals surface area contributed by atoms with Crippen LogP contribution >= 0.6 is 11.3 Å². The van der Waals surface area contributed by atoms with E-state index in [4.69, 9.17) is 0 Å². The fourth-order valence-corrected chi connectivity index (χ4v) is 4.92. The van der Waals surface area contributed by atoms with Crippen LogP contribution in [0.3, 0.4) is 0 Å². The first-order valence-electron chi connectivity index (χ1n) is 9.53. The molecule has 3 atom stereocenters. The number of likely N-dealkylation sites (tertiary alicyclic amines) is 1. The van der Waals surface area contributed by atoms with Gasteiger partial charge in [-0.1, -0.05) is 18.2 Å². The molecule has 0 aliphatic carbocycles. The topological polar surface area (TPSA) is 53.3 Å². The van der Waals surface area contributed by atoms with E-state index in [1.54, 1.807) is 23.6 Å². The quantitative estimate of drug-likeness (QED) is 0.639. The van der Waals surface area contributed by atoms with E-state index in [2.05, 4.69) is 25.8 Å². The van der Waals surface area contributed by atoms with E-state index in [1.165, 1.54) is 6.07 Å². The van der Waals surface area contributed by atoms with Crippen molar-refractivity contribution in [1.82, 2.24) is 19.8 Å². The molecule has 0 saturated carbocycles. The Bertz CT molecular complexity index is 897. The number of nitrogens with one attached hydrogen (secondary N) is 1. The molecule has 1 saturated heterocycles. The molecular formula is C21H25FN4OS. The van der Waals surface area contributed by atoms with Gasteiger partial charge in [0.05, 0.1) is 6.61 Å². The van der Waals surface area contributed by atoms with Crippen LogP contribution in [0, 0.1) is 11.7 Å². The zero-order chi connectivity index (χ0) is 19.5. The number of hydrogen-bond acceptors (Lipinski definition) is 5. The standard InChI is InChI=1S/C21H25FN4OS/c1-25-17(14-27)11-15(20(25)18-6-2-3-7-19(18)22)12-23-13-16-5-4-9-26(16)21-24-8-10-28-21/h2-10,15,17,20,23,27H,11-14H2,1H3/t15-,17+,20-/m0/s1. The summed E-state index contributed by atoms with van der Waals surface area (Å²) in [4.78, 5) is 6.49. The van der Waals surface area contributed by atoms with Crippen LogP contribution in [0.15, 0.2) is 54.2 Å². The van der Waals surface area contributed by atoms with Crippen molar-refractivity contribution in [2.75, 3.05) is 20.2 Å². The number of aliphatic hydroxyl groups is 1. The van der Waals surface area contributed by atoms with Crippen molar-refractivity contribution in [2.24, 2.45) is 5.92 Å². The van der Waals surface area contributed by atoms with E-state index in [0.29, 0.717) is 12.1 Å². The molecule has 3 heterocycles. The molecule has 0 amide bonds. The molecule has 4 rings (SSSR count). The smallest absolute Gasteiger partial charge is 0.193 e. The summed E-state index contributed by atoms with van der Waals surface area (Å²) >= 11 is 1.60. The van der Waals surface area contributed by atoms with E-state index in [-0.39, 0.29) is 30.4 Å². The van der Waals surface area contributed by atoms with Crippen molar-refractivity contribution in [3.05, 3.63) is 71.2 Å². The molecule has 148 valence electrons. The highest BCUT2D eigenvalue weighted by molar-refractivity contribution is 7.12. The van der Waals surface area contributed by atoms with Crippen LogP contribution in [0.5, 0.6) is 0 Å². The van der Waals surface area contributed by atoms with Gasteiger partial charge >= 0.3 is 0 Å². The molecule has 0 spiro atoms. The SMILES string of the molecule is CN1[C@@H](CO)C[C@@H](CNCc2cccn2-c2nccs2)[C@H]1c1ccccc1F. The first kappa shape index (κ1) is 19.3. The predicted molar refractivity (Wildman–Crippen MR) is 109 cm³/mol. The third-order valence-corrected chi connectivity index (χ3v) is 6.41. The van der Waals surface area contributed by atoms with Gasteiger partial charge in [-0.15, -0.1) is 11.3 Å². The average molecular weight is 401 g/mol. The monoisotopic (exact) mass is 400 g/mol. The van der Waals surface area contributed by atoms with E-state index >= 15 is 0 Å². The van der Waals surface area contributed by atoms with Gasteiger partial charge in [-0.25, -0.2) is 9.37 Å². The minimum atomic E-state index is -0.180. The summed E-state index contributed by atoms with van der Waals surface area (Å²) < 4.78 is 16.5. The van der Waals surface area contributed by atoms with Crippen molar-refractivity contribution in [1.29, 1.82) is 0 Å². The number of rotatable bonds is 7. The maximum atomic E-state index is 14.5. The molecule has 1 aromatic carbocycles. The Kier molecular flexibility index (Phi) is 5.87. The normalized spacial score (nSPS) is 22.8. The highest BCUT2D eigenvalue weighted by atomic mass is 32.1. The van der Waals surface area contributed by atoms with Crippen LogP contribution in [-0.4, -0.2) is 45.8 Å². The molecule has 1 aliphatic rings. The molecule has 28 heavy (non-hydrogen) atoms. The van der Waals surface area contributed by atoms with Crippen LogP contribution in [0.1, 0.15) is 23.7 Å². The minimum Gasteiger partial charge on any atom is -0.395 e. The summed E-state index contributed by atoms with van der Waals surface area (Å²) in [6.45, 7) is 1.55. The van der Waals surface area contributed by atoms with Gasteiger partial charge in [0.2, 0.25) is 0 Å². The maximum Gasteiger partial charge on any atom is 0.193 e. The Morgan fingerprint density at radius 1 is 1.29 bits per heavy atom. The van der Waals surface area contributed by atoms with E-state index in [1.807, 2.05) is 36.8 Å². The van der Waals surface area contributed by atoms with Gasteiger partial charge in [0.1, 0.15) is 5.82 Å². The fourth-order valence-electron chi connectivity index (χ4n) is 4.26. The van der Waals surface area contributed by atoms with Crippen LogP contribution in [0.4, 0.5) is 4.39 Å². The molecule has 2 aromatic heterocycles. The lowest BCUT2D eigenvalue weighted by Crippen LogP contribution is -2.32. The lowest BCUT2D eigenvalue weighted by Gasteiger charge is -2.28. The zero-order valence-electron chi connectivity index (χ0n) is 15.8. The molecule has 5 nitrogen and oxygen atoms in total. The van der Waals surface area contributed by atoms with Gasteiger partial charge in [0, 0.05) is 54.2 Å². The molecule has 7 heteroatoms. The second-order valence-corrected chi connectivity index (χ2v) is 8.15. The number of benzene rings is 1. The van der Waals surface area contributed by atoms with Gasteiger partial charge in [0.25, 0.3) is 0 Å². The summed E-state index contributed by atoms with van der Waals surface area (Å²) in [7, 11) is 1.98. The van der Waals surface area contributed by atoms with E-state index in [0.717, 1.165) is 23.8 Å². The van der Waals surface area contributed by atoms with E-state index < -0.39 is 0 Å². The van der Waals surface area contributed by atoms with Gasteiger partial charge < -0.3 is 10.4 Å². The highest BCUT2D eigenvalue weighted by Crippen LogP contribution is 2.40. The molecule has 1 fully saturated rings. The summed E-state index contributed by atoms with van der Waals surface area (Å²) in [6, 6.07) is 11.1. The van der Waals surface area contributed by atoms with Gasteiger partial charge in [-0.05, 0) is 37.6 Å². The largest absolute Gasteiger partial charge is 0.395 e. The molecule has 1 aliphatic heterocycles. The fraction of sp³-hybridized carbons (Fsp3) is 0.381. The summed E-state index contributed by atoms with van der Waals surface area (Å²) in [5, 5.41) is 16.2. The lowest BCUT2D eigenvalue weighted by atomic mass is 9.92. The van der Waals surface area contributed by atoms with Crippen LogP contribution in [0.2, 0.25) is 0 Å². The second kappa shape index (κ2) is 8.53. The van der Waals surface area contributed by atoms with Crippen molar-refractivity contribution >= 4 is 11.3 Å². The Labute approximate surface area is 168 Å². The molecule has 2 N–H and O–H groups in total. The van der Waals surface area contributed by atoms with Crippen molar-refractivity contribution < 1.29 is 9.50 Å². The van der Waals surface area contributed by atoms with Gasteiger partial charge in [-0.2, -0.15) is 0 Å². The van der Waals surface area contributed by atoms with Crippen LogP contribution in [-0.2, 0) is 6.54 Å². The molecule has 0 unspecified atom stereocenters. The molecule has 3 aromatic rings. The molecule has 0 radical (unpaired) electrons. The Hall–Kier alpha value is -2.06. The Balaban J connectivity index is 1.46. The summed E-state index contributed by atoms with van der Waals surface area (Å²) in [6.07, 6.45) is 4.66. The lowest BCUT2D eigenvalue weighted by molar-refractivity contribution is 0.151. The number of nitrogens with zero attached hydrogens (tertiary/aromatic N) is 3. The number of hydrogen-bond donors (Lipinski definition) is 2. The number of aromatic nitrogens is 2. The zero-order valence-corrected chi connectivity index (χ0v) is 16.6. The Morgan fingerprint density at radius 2 is 2.14 bits per heavy atom. The maximum absolute atomic E-state index is 14.5. The van der Waals surface area contributed by atoms with Crippen LogP contribution < -0.4 is 5.32 Å². The first-order valence-corrected chi connectivity index (χ1v) is 10.4. The van der Waals surface area contributed by atoms with Crippen LogP contribution in [0.25, 0.3) is 5.13 Å². The highest BCUT2D eigenvalue weighted by Gasteiger charge is 2.40. The number of halogens is 1. The van der Waals surface area contributed by atoms with E-state index in [9.17, 15) is 9.50 Å². The summed E-state index contributed by atoms with van der Waals surface area (Å²) in [5.41, 5.74) is 1.85. The molecular weight excluding hydrogens is 375 g/mol. The summed E-state index contributed by atoms with van der Waals surface area (Å²) in [5.74, 6) is 0.0444. The second-order valence-electron chi connectivity index (χ2n) is 7.28. The molecule has 0 bridgehead atoms. The predicted octanol–water partition coefficient (Wildman–Crippen LogP) is 3.22.